The van der Waals surface area contributed by atoms with Crippen LogP contribution in [-0.4, -0.2) is 29.3 Å². The summed E-state index contributed by atoms with van der Waals surface area (Å²) >= 11 is 3.09. The minimum Gasteiger partial charge on any atom is -0.507 e. The molecule has 0 saturated carbocycles. The minimum absolute atomic E-state index is 0. The van der Waals surface area contributed by atoms with Crippen LogP contribution in [0.15, 0.2) is 16.6 Å². The number of hydrogen-bond acceptors (Lipinski definition) is 5. The van der Waals surface area contributed by atoms with E-state index < -0.39 is 23.7 Å². The Bertz CT molecular complexity index is 480. The van der Waals surface area contributed by atoms with Gasteiger partial charge in [-0.1, -0.05) is 15.9 Å². The third-order valence-corrected chi connectivity index (χ3v) is 2.85. The van der Waals surface area contributed by atoms with Gasteiger partial charge in [0.15, 0.2) is 0 Å². The Morgan fingerprint density at radius 3 is 2.44 bits per heavy atom. The number of aromatic carboxylic acids is 1. The number of halogens is 2. The molecule has 18 heavy (non-hydrogen) atoms. The summed E-state index contributed by atoms with van der Waals surface area (Å²) in [5.41, 5.74) is 5.21. The molecule has 1 rings (SSSR count). The number of carboxylic acid groups (broad SMARTS) is 1. The van der Waals surface area contributed by atoms with Crippen molar-refractivity contribution in [1.82, 2.24) is 0 Å². The number of aromatic hydroxyl groups is 1. The topological polar surface area (TPSA) is 110 Å². The number of ether oxygens (including phenoxy) is 1. The molecule has 0 saturated heterocycles. The second-order valence-corrected chi connectivity index (χ2v) is 4.02. The summed E-state index contributed by atoms with van der Waals surface area (Å²) in [6.45, 7) is 0. The molecule has 0 unspecified atom stereocenters. The van der Waals surface area contributed by atoms with Crippen molar-refractivity contribution in [3.63, 3.8) is 0 Å². The molecule has 0 amide bonds. The van der Waals surface area contributed by atoms with Crippen LogP contribution in [0, 0.1) is 0 Å². The molecule has 1 atom stereocenters. The number of rotatable bonds is 3. The Balaban J connectivity index is 0.00000289. The number of methoxy groups -OCH3 is 1. The fourth-order valence-corrected chi connectivity index (χ4v) is 1.86. The fourth-order valence-electron chi connectivity index (χ4n) is 1.30. The maximum absolute atomic E-state index is 11.3. The van der Waals surface area contributed by atoms with Gasteiger partial charge in [0.05, 0.1) is 7.11 Å². The van der Waals surface area contributed by atoms with Crippen LogP contribution in [0.2, 0.25) is 0 Å². The van der Waals surface area contributed by atoms with Crippen molar-refractivity contribution in [3.05, 3.63) is 27.7 Å². The lowest BCUT2D eigenvalue weighted by Crippen LogP contribution is -2.23. The first-order chi connectivity index (χ1) is 7.90. The zero-order valence-electron chi connectivity index (χ0n) is 9.21. The molecular weight excluding hydrogens is 329 g/mol. The van der Waals surface area contributed by atoms with Crippen molar-refractivity contribution in [2.24, 2.45) is 5.73 Å². The van der Waals surface area contributed by atoms with Crippen molar-refractivity contribution >= 4 is 40.3 Å². The molecule has 4 N–H and O–H groups in total. The van der Waals surface area contributed by atoms with Crippen LogP contribution in [-0.2, 0) is 9.53 Å². The standard InChI is InChI=1S/C10H10BrNO5.ClH/c1-17-10(16)7(12)6-5(11)3-2-4(8(6)13)9(14)15;/h2-3,7,13H,12H2,1H3,(H,14,15);1H/t7-;/m1./s1. The molecule has 8 heteroatoms. The molecule has 0 aromatic heterocycles. The molecule has 1 aromatic carbocycles. The smallest absolute Gasteiger partial charge is 0.339 e. The number of phenols is 1. The average Bonchev–Trinajstić information content (AvgIpc) is 2.27. The molecule has 100 valence electrons. The van der Waals surface area contributed by atoms with E-state index in [1.807, 2.05) is 0 Å². The summed E-state index contributed by atoms with van der Waals surface area (Å²) in [7, 11) is 1.15. The monoisotopic (exact) mass is 339 g/mol. The van der Waals surface area contributed by atoms with E-state index in [4.69, 9.17) is 10.8 Å². The van der Waals surface area contributed by atoms with E-state index >= 15 is 0 Å². The van der Waals surface area contributed by atoms with E-state index in [2.05, 4.69) is 20.7 Å². The Morgan fingerprint density at radius 2 is 2.00 bits per heavy atom. The van der Waals surface area contributed by atoms with Crippen LogP contribution >= 0.6 is 28.3 Å². The van der Waals surface area contributed by atoms with Crippen molar-refractivity contribution in [2.45, 2.75) is 6.04 Å². The van der Waals surface area contributed by atoms with Gasteiger partial charge >= 0.3 is 11.9 Å². The van der Waals surface area contributed by atoms with Gasteiger partial charge < -0.3 is 20.7 Å². The van der Waals surface area contributed by atoms with E-state index in [9.17, 15) is 14.7 Å². The Hall–Kier alpha value is -1.31. The van der Waals surface area contributed by atoms with Crippen LogP contribution in [0.1, 0.15) is 22.0 Å². The molecule has 6 nitrogen and oxygen atoms in total. The van der Waals surface area contributed by atoms with Gasteiger partial charge in [0.1, 0.15) is 17.4 Å². The summed E-state index contributed by atoms with van der Waals surface area (Å²) < 4.78 is 4.76. The van der Waals surface area contributed by atoms with E-state index in [1.54, 1.807) is 0 Å². The first-order valence-electron chi connectivity index (χ1n) is 4.48. The number of hydrogen-bond donors (Lipinski definition) is 3. The Morgan fingerprint density at radius 1 is 1.44 bits per heavy atom. The van der Waals surface area contributed by atoms with Crippen LogP contribution in [0.3, 0.4) is 0 Å². The normalized spacial score (nSPS) is 11.3. The van der Waals surface area contributed by atoms with Crippen LogP contribution < -0.4 is 5.73 Å². The van der Waals surface area contributed by atoms with E-state index in [1.165, 1.54) is 12.1 Å². The third-order valence-electron chi connectivity index (χ3n) is 2.16. The highest BCUT2D eigenvalue weighted by molar-refractivity contribution is 9.10. The number of carbonyl (C=O) groups excluding carboxylic acids is 1. The molecular formula is C10H11BrClNO5. The summed E-state index contributed by atoms with van der Waals surface area (Å²) in [5.74, 6) is -2.64. The van der Waals surface area contributed by atoms with Crippen LogP contribution in [0.25, 0.3) is 0 Å². The quantitative estimate of drug-likeness (QED) is 0.718. The summed E-state index contributed by atoms with van der Waals surface area (Å²) in [6.07, 6.45) is 0. The predicted molar refractivity (Wildman–Crippen MR) is 69.0 cm³/mol. The molecule has 0 spiro atoms. The second kappa shape index (κ2) is 6.58. The number of carboxylic acids is 1. The molecule has 0 aliphatic rings. The van der Waals surface area contributed by atoms with Gasteiger partial charge in [-0.2, -0.15) is 0 Å². The third kappa shape index (κ3) is 3.12. The van der Waals surface area contributed by atoms with Crippen LogP contribution in [0.4, 0.5) is 0 Å². The molecule has 0 fully saturated rings. The van der Waals surface area contributed by atoms with Gasteiger partial charge in [-0.05, 0) is 12.1 Å². The van der Waals surface area contributed by atoms with E-state index in [0.717, 1.165) is 7.11 Å². The highest BCUT2D eigenvalue weighted by Gasteiger charge is 2.26. The SMILES string of the molecule is COC(=O)[C@H](N)c1c(Br)ccc(C(=O)O)c1O.Cl. The summed E-state index contributed by atoms with van der Waals surface area (Å²) in [6, 6.07) is 1.34. The molecule has 0 heterocycles. The summed E-state index contributed by atoms with van der Waals surface area (Å²) in [5, 5.41) is 18.6. The highest BCUT2D eigenvalue weighted by atomic mass is 79.9. The van der Waals surface area contributed by atoms with E-state index in [-0.39, 0.29) is 23.5 Å². The highest BCUT2D eigenvalue weighted by Crippen LogP contribution is 2.34. The van der Waals surface area contributed by atoms with Crippen molar-refractivity contribution in [2.75, 3.05) is 7.11 Å². The second-order valence-electron chi connectivity index (χ2n) is 3.16. The van der Waals surface area contributed by atoms with Crippen molar-refractivity contribution in [3.8, 4) is 5.75 Å². The molecule has 1 aromatic rings. The lowest BCUT2D eigenvalue weighted by Gasteiger charge is -2.14. The molecule has 0 aliphatic carbocycles. The first-order valence-corrected chi connectivity index (χ1v) is 5.27. The van der Waals surface area contributed by atoms with E-state index in [0.29, 0.717) is 4.47 Å². The average molecular weight is 341 g/mol. The maximum Gasteiger partial charge on any atom is 0.339 e. The maximum atomic E-state index is 11.3. The number of carbonyl (C=O) groups is 2. The first kappa shape index (κ1) is 16.7. The van der Waals surface area contributed by atoms with Gasteiger partial charge in [-0.25, -0.2) is 4.79 Å². The number of benzene rings is 1. The zero-order chi connectivity index (χ0) is 13.2. The lowest BCUT2D eigenvalue weighted by molar-refractivity contribution is -0.142. The van der Waals surface area contributed by atoms with Crippen molar-refractivity contribution < 1.29 is 24.5 Å². The van der Waals surface area contributed by atoms with Gasteiger partial charge in [0.25, 0.3) is 0 Å². The van der Waals surface area contributed by atoms with Crippen molar-refractivity contribution in [1.29, 1.82) is 0 Å². The molecule has 0 bridgehead atoms. The minimum atomic E-state index is -1.31. The molecule has 0 aliphatic heterocycles. The Kier molecular flexibility index (Phi) is 6.10. The fraction of sp³-hybridized carbons (Fsp3) is 0.200. The van der Waals surface area contributed by atoms with Gasteiger partial charge in [0, 0.05) is 10.0 Å². The molecule has 0 radical (unpaired) electrons. The van der Waals surface area contributed by atoms with Gasteiger partial charge in [-0.3, -0.25) is 4.79 Å². The number of esters is 1. The zero-order valence-corrected chi connectivity index (χ0v) is 11.6. The predicted octanol–water partition coefficient (Wildman–Crippen LogP) is 1.45. The summed E-state index contributed by atoms with van der Waals surface area (Å²) in [4.78, 5) is 22.1. The lowest BCUT2D eigenvalue weighted by atomic mass is 10.0. The van der Waals surface area contributed by atoms with Crippen LogP contribution in [0.5, 0.6) is 5.75 Å². The Labute approximate surface area is 117 Å². The largest absolute Gasteiger partial charge is 0.507 e. The number of nitrogens with two attached hydrogens (primary N) is 1. The van der Waals surface area contributed by atoms with Gasteiger partial charge in [0.2, 0.25) is 0 Å². The van der Waals surface area contributed by atoms with Gasteiger partial charge in [-0.15, -0.1) is 12.4 Å².